The molecule has 0 fully saturated rings. The van der Waals surface area contributed by atoms with E-state index >= 15 is 0 Å². The molecule has 0 bridgehead atoms. The number of ether oxygens (including phenoxy) is 1. The Labute approximate surface area is 155 Å². The fourth-order valence-electron chi connectivity index (χ4n) is 2.98. The number of aromatic nitrogens is 1. The van der Waals surface area contributed by atoms with Crippen LogP contribution in [0.5, 0.6) is 5.75 Å². The molecule has 3 rings (SSSR count). The van der Waals surface area contributed by atoms with Crippen molar-refractivity contribution in [3.8, 4) is 17.0 Å². The van der Waals surface area contributed by atoms with Gasteiger partial charge >= 0.3 is 0 Å². The topological polar surface area (TPSA) is 51.0 Å². The standard InChI is InChI=1S/C19H20BrClN2O/c1-24-13-6-8-18-15(11-13)14(4-2-3-9-22)19(23-18)16-10-12(20)5-7-17(16)21/h5-8,10-11,23H,2-4,9,22H2,1H3. The van der Waals surface area contributed by atoms with Crippen molar-refractivity contribution < 1.29 is 4.74 Å². The van der Waals surface area contributed by atoms with Gasteiger partial charge < -0.3 is 15.5 Å². The molecular weight excluding hydrogens is 388 g/mol. The van der Waals surface area contributed by atoms with Crippen LogP contribution < -0.4 is 10.5 Å². The number of hydrogen-bond donors (Lipinski definition) is 2. The van der Waals surface area contributed by atoms with Gasteiger partial charge in [-0.05, 0) is 67.8 Å². The predicted octanol–water partition coefficient (Wildman–Crippen LogP) is 5.54. The first-order valence-corrected chi connectivity index (χ1v) is 9.15. The van der Waals surface area contributed by atoms with Crippen LogP contribution in [0.15, 0.2) is 40.9 Å². The van der Waals surface area contributed by atoms with Crippen LogP contribution in [0.4, 0.5) is 0 Å². The summed E-state index contributed by atoms with van der Waals surface area (Å²) in [6.45, 7) is 0.707. The molecule has 1 aromatic heterocycles. The Morgan fingerprint density at radius 3 is 2.75 bits per heavy atom. The van der Waals surface area contributed by atoms with E-state index in [2.05, 4.69) is 39.1 Å². The number of halogens is 2. The van der Waals surface area contributed by atoms with E-state index in [9.17, 15) is 0 Å². The van der Waals surface area contributed by atoms with E-state index in [1.54, 1.807) is 7.11 Å². The van der Waals surface area contributed by atoms with Crippen molar-refractivity contribution in [3.05, 3.63) is 51.5 Å². The molecule has 126 valence electrons. The summed E-state index contributed by atoms with van der Waals surface area (Å²) in [5, 5.41) is 1.91. The fourth-order valence-corrected chi connectivity index (χ4v) is 3.55. The van der Waals surface area contributed by atoms with E-state index in [-0.39, 0.29) is 0 Å². The van der Waals surface area contributed by atoms with Gasteiger partial charge in [0.15, 0.2) is 0 Å². The molecule has 0 aliphatic carbocycles. The third-order valence-electron chi connectivity index (χ3n) is 4.19. The molecule has 0 saturated heterocycles. The Morgan fingerprint density at radius 2 is 2.00 bits per heavy atom. The maximum Gasteiger partial charge on any atom is 0.119 e. The van der Waals surface area contributed by atoms with Gasteiger partial charge in [-0.2, -0.15) is 0 Å². The monoisotopic (exact) mass is 406 g/mol. The first-order valence-electron chi connectivity index (χ1n) is 7.98. The van der Waals surface area contributed by atoms with Crippen LogP contribution in [-0.2, 0) is 6.42 Å². The molecule has 0 unspecified atom stereocenters. The smallest absolute Gasteiger partial charge is 0.119 e. The third kappa shape index (κ3) is 3.46. The number of unbranched alkanes of at least 4 members (excludes halogenated alkanes) is 1. The van der Waals surface area contributed by atoms with Crippen LogP contribution in [0.25, 0.3) is 22.2 Å². The van der Waals surface area contributed by atoms with Crippen LogP contribution in [0.2, 0.25) is 5.02 Å². The molecule has 0 aliphatic rings. The van der Waals surface area contributed by atoms with Crippen molar-refractivity contribution in [2.24, 2.45) is 5.73 Å². The summed E-state index contributed by atoms with van der Waals surface area (Å²) in [4.78, 5) is 3.53. The molecule has 0 atom stereocenters. The summed E-state index contributed by atoms with van der Waals surface area (Å²) in [6.07, 6.45) is 2.99. The number of H-pyrrole nitrogens is 1. The first kappa shape index (κ1) is 17.3. The number of nitrogens with two attached hydrogens (primary N) is 1. The Balaban J connectivity index is 2.18. The number of nitrogens with one attached hydrogen (secondary N) is 1. The molecule has 0 radical (unpaired) electrons. The highest BCUT2D eigenvalue weighted by atomic mass is 79.9. The number of rotatable bonds is 6. The van der Waals surface area contributed by atoms with E-state index in [0.29, 0.717) is 6.54 Å². The molecular formula is C19H20BrClN2O. The van der Waals surface area contributed by atoms with E-state index in [1.165, 1.54) is 10.9 Å². The van der Waals surface area contributed by atoms with E-state index in [1.807, 2.05) is 18.2 Å². The van der Waals surface area contributed by atoms with Crippen LogP contribution in [0, 0.1) is 0 Å². The van der Waals surface area contributed by atoms with Crippen LogP contribution in [0.1, 0.15) is 18.4 Å². The summed E-state index contributed by atoms with van der Waals surface area (Å²) in [5.41, 5.74) is 10.1. The van der Waals surface area contributed by atoms with Crippen LogP contribution in [0.3, 0.4) is 0 Å². The second kappa shape index (κ2) is 7.60. The normalized spacial score (nSPS) is 11.2. The number of benzene rings is 2. The van der Waals surface area contributed by atoms with Crippen molar-refractivity contribution >= 4 is 38.4 Å². The van der Waals surface area contributed by atoms with Gasteiger partial charge in [0, 0.05) is 26.0 Å². The van der Waals surface area contributed by atoms with Gasteiger partial charge in [-0.15, -0.1) is 0 Å². The average molecular weight is 408 g/mol. The highest BCUT2D eigenvalue weighted by Crippen LogP contribution is 2.37. The highest BCUT2D eigenvalue weighted by Gasteiger charge is 2.16. The molecule has 24 heavy (non-hydrogen) atoms. The second-order valence-electron chi connectivity index (χ2n) is 5.76. The van der Waals surface area contributed by atoms with Gasteiger partial charge in [-0.25, -0.2) is 0 Å². The summed E-state index contributed by atoms with van der Waals surface area (Å²) < 4.78 is 6.40. The van der Waals surface area contributed by atoms with E-state index in [4.69, 9.17) is 22.1 Å². The number of methoxy groups -OCH3 is 1. The van der Waals surface area contributed by atoms with Crippen LogP contribution in [-0.4, -0.2) is 18.6 Å². The minimum atomic E-state index is 0.707. The van der Waals surface area contributed by atoms with Crippen LogP contribution >= 0.6 is 27.5 Å². The average Bonchev–Trinajstić information content (AvgIpc) is 2.95. The molecule has 0 saturated carbocycles. The molecule has 3 aromatic rings. The molecule has 3 N–H and O–H groups in total. The Kier molecular flexibility index (Phi) is 5.49. The second-order valence-corrected chi connectivity index (χ2v) is 7.08. The summed E-state index contributed by atoms with van der Waals surface area (Å²) in [5.74, 6) is 0.855. The first-order chi connectivity index (χ1) is 11.6. The Bertz CT molecular complexity index is 860. The summed E-state index contributed by atoms with van der Waals surface area (Å²) >= 11 is 10.0. The fraction of sp³-hybridized carbons (Fsp3) is 0.263. The largest absolute Gasteiger partial charge is 0.497 e. The maximum absolute atomic E-state index is 6.46. The lowest BCUT2D eigenvalue weighted by molar-refractivity contribution is 0.415. The maximum atomic E-state index is 6.46. The number of hydrogen-bond acceptors (Lipinski definition) is 2. The number of aromatic amines is 1. The lowest BCUT2D eigenvalue weighted by atomic mass is 10.00. The molecule has 3 nitrogen and oxygen atoms in total. The zero-order chi connectivity index (χ0) is 17.1. The van der Waals surface area contributed by atoms with Gasteiger partial charge in [0.25, 0.3) is 0 Å². The van der Waals surface area contributed by atoms with Crippen molar-refractivity contribution in [1.29, 1.82) is 0 Å². The molecule has 0 amide bonds. The van der Waals surface area contributed by atoms with E-state index in [0.717, 1.165) is 51.3 Å². The van der Waals surface area contributed by atoms with Crippen molar-refractivity contribution in [2.75, 3.05) is 13.7 Å². The number of aryl methyl sites for hydroxylation is 1. The third-order valence-corrected chi connectivity index (χ3v) is 5.01. The SMILES string of the molecule is COc1ccc2[nH]c(-c3cc(Br)ccc3Cl)c(CCCCN)c2c1. The lowest BCUT2D eigenvalue weighted by Gasteiger charge is -2.08. The van der Waals surface area contributed by atoms with Crippen molar-refractivity contribution in [2.45, 2.75) is 19.3 Å². The Morgan fingerprint density at radius 1 is 1.17 bits per heavy atom. The summed E-state index contributed by atoms with van der Waals surface area (Å²) in [7, 11) is 1.69. The minimum absolute atomic E-state index is 0.707. The molecule has 5 heteroatoms. The van der Waals surface area contributed by atoms with Crippen molar-refractivity contribution in [3.63, 3.8) is 0 Å². The molecule has 2 aromatic carbocycles. The quantitative estimate of drug-likeness (QED) is 0.527. The van der Waals surface area contributed by atoms with Gasteiger partial charge in [-0.3, -0.25) is 0 Å². The van der Waals surface area contributed by atoms with E-state index < -0.39 is 0 Å². The predicted molar refractivity (Wildman–Crippen MR) is 105 cm³/mol. The van der Waals surface area contributed by atoms with Crippen molar-refractivity contribution in [1.82, 2.24) is 4.98 Å². The minimum Gasteiger partial charge on any atom is -0.497 e. The highest BCUT2D eigenvalue weighted by molar-refractivity contribution is 9.10. The zero-order valence-corrected chi connectivity index (χ0v) is 15.9. The number of fused-ring (bicyclic) bond motifs is 1. The lowest BCUT2D eigenvalue weighted by Crippen LogP contribution is -1.99. The summed E-state index contributed by atoms with van der Waals surface area (Å²) in [6, 6.07) is 12.0. The molecule has 1 heterocycles. The van der Waals surface area contributed by atoms with Gasteiger partial charge in [0.1, 0.15) is 5.75 Å². The molecule has 0 spiro atoms. The zero-order valence-electron chi connectivity index (χ0n) is 13.5. The van der Waals surface area contributed by atoms with Gasteiger partial charge in [0.05, 0.1) is 12.8 Å². The molecule has 0 aliphatic heterocycles. The van der Waals surface area contributed by atoms with Gasteiger partial charge in [0.2, 0.25) is 0 Å². The Hall–Kier alpha value is -1.49. The van der Waals surface area contributed by atoms with Gasteiger partial charge in [-0.1, -0.05) is 27.5 Å².